The number of nitrogens with zero attached hydrogens (tertiary/aromatic N) is 5. The van der Waals surface area contributed by atoms with Crippen LogP contribution in [0, 0.1) is 5.92 Å². The maximum absolute atomic E-state index is 13.3. The molecule has 34 heavy (non-hydrogen) atoms. The predicted molar refractivity (Wildman–Crippen MR) is 130 cm³/mol. The van der Waals surface area contributed by atoms with E-state index in [1.807, 2.05) is 12.1 Å². The van der Waals surface area contributed by atoms with Crippen LogP contribution in [0.15, 0.2) is 18.5 Å². The van der Waals surface area contributed by atoms with Crippen molar-refractivity contribution < 1.29 is 14.3 Å². The van der Waals surface area contributed by atoms with E-state index in [2.05, 4.69) is 29.8 Å². The van der Waals surface area contributed by atoms with Gasteiger partial charge in [0.25, 0.3) is 0 Å². The van der Waals surface area contributed by atoms with Gasteiger partial charge in [0.15, 0.2) is 0 Å². The van der Waals surface area contributed by atoms with Crippen molar-refractivity contribution in [1.82, 2.24) is 24.5 Å². The molecule has 2 fully saturated rings. The number of amides is 1. The Morgan fingerprint density at radius 2 is 2.26 bits per heavy atom. The van der Waals surface area contributed by atoms with E-state index < -0.39 is 0 Å². The molecule has 0 spiro atoms. The molecule has 1 aromatic carbocycles. The number of likely N-dealkylation sites (tertiary alicyclic amines) is 1. The Labute approximate surface area is 203 Å². The third kappa shape index (κ3) is 3.18. The number of aromatic nitrogens is 4. The van der Waals surface area contributed by atoms with Crippen molar-refractivity contribution in [2.75, 3.05) is 25.6 Å². The average molecular weight is 495 g/mol. The van der Waals surface area contributed by atoms with Crippen LogP contribution in [0.2, 0.25) is 0 Å². The molecule has 5 heterocycles. The molecule has 174 valence electrons. The van der Waals surface area contributed by atoms with Crippen LogP contribution in [0.4, 0.5) is 11.5 Å². The first-order valence-electron chi connectivity index (χ1n) is 11.4. The number of aryl methyl sites for hydroxylation is 1. The quantitative estimate of drug-likeness (QED) is 0.460. The van der Waals surface area contributed by atoms with Crippen molar-refractivity contribution in [2.45, 2.75) is 37.8 Å². The zero-order valence-electron chi connectivity index (χ0n) is 18.5. The first-order chi connectivity index (χ1) is 16.7. The molecule has 2 saturated heterocycles. The van der Waals surface area contributed by atoms with E-state index in [0.29, 0.717) is 18.3 Å². The molecule has 11 heteroatoms. The summed E-state index contributed by atoms with van der Waals surface area (Å²) in [5.41, 5.74) is 2.88. The molecule has 4 aromatic rings. The molecule has 1 N–H and O–H groups in total. The normalized spacial score (nSPS) is 23.6. The van der Waals surface area contributed by atoms with Gasteiger partial charge in [-0.2, -0.15) is 0 Å². The SMILES string of the molecule is COc1cc2nnsc2cc1Nc1ncnc2sc3c(c12)CC[C@H](C(=O)N1C[C@@H]2C[C@H]1CO2)C3. The smallest absolute Gasteiger partial charge is 0.226 e. The number of fused-ring (bicyclic) bond motifs is 6. The molecule has 1 amide bonds. The highest BCUT2D eigenvalue weighted by atomic mass is 32.1. The van der Waals surface area contributed by atoms with Crippen LogP contribution in [0.5, 0.6) is 5.75 Å². The fourth-order valence-corrected chi connectivity index (χ4v) is 7.37. The Morgan fingerprint density at radius 1 is 1.32 bits per heavy atom. The molecule has 2 aliphatic heterocycles. The van der Waals surface area contributed by atoms with E-state index in [1.165, 1.54) is 22.0 Å². The third-order valence-electron chi connectivity index (χ3n) is 7.20. The summed E-state index contributed by atoms with van der Waals surface area (Å²) in [4.78, 5) is 26.7. The summed E-state index contributed by atoms with van der Waals surface area (Å²) in [7, 11) is 1.64. The minimum Gasteiger partial charge on any atom is -0.494 e. The second-order valence-electron chi connectivity index (χ2n) is 9.10. The first-order valence-corrected chi connectivity index (χ1v) is 13.0. The highest BCUT2D eigenvalue weighted by molar-refractivity contribution is 7.19. The second kappa shape index (κ2) is 7.82. The monoisotopic (exact) mass is 494 g/mol. The van der Waals surface area contributed by atoms with Crippen LogP contribution in [0.1, 0.15) is 23.3 Å². The van der Waals surface area contributed by atoms with Crippen LogP contribution in [0.25, 0.3) is 20.4 Å². The zero-order valence-corrected chi connectivity index (χ0v) is 20.1. The summed E-state index contributed by atoms with van der Waals surface area (Å²) in [6.45, 7) is 1.44. The number of morpholine rings is 1. The van der Waals surface area contributed by atoms with Gasteiger partial charge in [-0.25, -0.2) is 9.97 Å². The van der Waals surface area contributed by atoms with Gasteiger partial charge < -0.3 is 19.7 Å². The lowest BCUT2D eigenvalue weighted by molar-refractivity contribution is -0.140. The van der Waals surface area contributed by atoms with Gasteiger partial charge >= 0.3 is 0 Å². The Hall–Kier alpha value is -2.89. The fraction of sp³-hybridized carbons (Fsp3) is 0.435. The van der Waals surface area contributed by atoms with Gasteiger partial charge in [0.05, 0.1) is 41.6 Å². The number of methoxy groups -OCH3 is 1. The lowest BCUT2D eigenvalue weighted by Crippen LogP contribution is -2.45. The van der Waals surface area contributed by atoms with Gasteiger partial charge in [0.2, 0.25) is 5.91 Å². The molecule has 3 aliphatic rings. The van der Waals surface area contributed by atoms with E-state index in [9.17, 15) is 4.79 Å². The summed E-state index contributed by atoms with van der Waals surface area (Å²) in [6, 6.07) is 4.15. The van der Waals surface area contributed by atoms with Crippen molar-refractivity contribution in [3.8, 4) is 5.75 Å². The van der Waals surface area contributed by atoms with E-state index in [4.69, 9.17) is 9.47 Å². The van der Waals surface area contributed by atoms with Crippen LogP contribution < -0.4 is 10.1 Å². The van der Waals surface area contributed by atoms with Crippen molar-refractivity contribution in [3.05, 3.63) is 28.9 Å². The standard InChI is InChI=1S/C23H22N6O3S2/c1-31-17-6-16-19(34-28-27-16)7-15(17)26-21-20-14-3-2-11(4-18(14)33-22(20)25-10-24-21)23(30)29-8-13-5-12(29)9-32-13/h6-7,10-13H,2-5,8-9H2,1H3,(H,24,25,26)/t11-,12-,13-/m0/s1. The Bertz CT molecular complexity index is 1440. The topological polar surface area (TPSA) is 102 Å². The van der Waals surface area contributed by atoms with E-state index >= 15 is 0 Å². The van der Waals surface area contributed by atoms with Crippen LogP contribution in [0.3, 0.4) is 0 Å². The van der Waals surface area contributed by atoms with Gasteiger partial charge in [-0.05, 0) is 48.8 Å². The summed E-state index contributed by atoms with van der Waals surface area (Å²) in [6.07, 6.45) is 5.28. The maximum Gasteiger partial charge on any atom is 0.226 e. The van der Waals surface area contributed by atoms with Gasteiger partial charge in [0, 0.05) is 23.4 Å². The van der Waals surface area contributed by atoms with Crippen LogP contribution in [-0.2, 0) is 22.4 Å². The lowest BCUT2D eigenvalue weighted by Gasteiger charge is -2.32. The number of carbonyl (C=O) groups excluding carboxylic acids is 1. The molecule has 0 saturated carbocycles. The minimum atomic E-state index is 0.0330. The number of rotatable bonds is 4. The minimum absolute atomic E-state index is 0.0330. The summed E-state index contributed by atoms with van der Waals surface area (Å²) < 4.78 is 16.3. The Morgan fingerprint density at radius 3 is 3.09 bits per heavy atom. The van der Waals surface area contributed by atoms with E-state index in [1.54, 1.807) is 24.8 Å². The molecule has 2 bridgehead atoms. The van der Waals surface area contributed by atoms with Crippen molar-refractivity contribution >= 4 is 60.7 Å². The molecule has 3 aromatic heterocycles. The Balaban J connectivity index is 1.20. The summed E-state index contributed by atoms with van der Waals surface area (Å²) >= 11 is 3.03. The number of thiophene rings is 1. The van der Waals surface area contributed by atoms with Crippen molar-refractivity contribution in [2.24, 2.45) is 5.92 Å². The second-order valence-corrected chi connectivity index (χ2v) is 11.0. The number of hydrogen-bond acceptors (Lipinski definition) is 10. The number of hydrogen-bond donors (Lipinski definition) is 1. The molecule has 0 radical (unpaired) electrons. The Kier molecular flexibility index (Phi) is 4.71. The number of nitrogens with one attached hydrogen (secondary N) is 1. The predicted octanol–water partition coefficient (Wildman–Crippen LogP) is 3.55. The number of anilines is 2. The van der Waals surface area contributed by atoms with Crippen LogP contribution >= 0.6 is 22.9 Å². The number of carbonyl (C=O) groups is 1. The molecule has 0 unspecified atom stereocenters. The summed E-state index contributed by atoms with van der Waals surface area (Å²) in [5.74, 6) is 1.77. The number of benzene rings is 1. The molecular weight excluding hydrogens is 472 g/mol. The molecule has 3 atom stereocenters. The highest BCUT2D eigenvalue weighted by Crippen LogP contribution is 2.42. The first kappa shape index (κ1) is 20.5. The zero-order chi connectivity index (χ0) is 22.8. The average Bonchev–Trinajstić information content (AvgIpc) is 3.65. The maximum atomic E-state index is 13.3. The fourth-order valence-electron chi connectivity index (χ4n) is 5.52. The van der Waals surface area contributed by atoms with E-state index in [-0.39, 0.29) is 18.1 Å². The van der Waals surface area contributed by atoms with Gasteiger partial charge in [0.1, 0.15) is 28.2 Å². The van der Waals surface area contributed by atoms with Gasteiger partial charge in [-0.15, -0.1) is 16.4 Å². The third-order valence-corrected chi connectivity index (χ3v) is 9.05. The highest BCUT2D eigenvalue weighted by Gasteiger charge is 2.43. The largest absolute Gasteiger partial charge is 0.494 e. The lowest BCUT2D eigenvalue weighted by atomic mass is 9.86. The molecule has 9 nitrogen and oxygen atoms in total. The molecule has 1 aliphatic carbocycles. The van der Waals surface area contributed by atoms with E-state index in [0.717, 1.165) is 64.2 Å². The molecule has 7 rings (SSSR count). The number of ether oxygens (including phenoxy) is 2. The van der Waals surface area contributed by atoms with Gasteiger partial charge in [-0.3, -0.25) is 4.79 Å². The van der Waals surface area contributed by atoms with Gasteiger partial charge in [-0.1, -0.05) is 4.49 Å². The summed E-state index contributed by atoms with van der Waals surface area (Å²) in [5, 5.41) is 8.66. The molecular formula is C23H22N6O3S2. The van der Waals surface area contributed by atoms with Crippen molar-refractivity contribution in [1.29, 1.82) is 0 Å². The van der Waals surface area contributed by atoms with Crippen molar-refractivity contribution in [3.63, 3.8) is 0 Å². The van der Waals surface area contributed by atoms with Crippen LogP contribution in [-0.4, -0.2) is 62.8 Å².